The first-order chi connectivity index (χ1) is 15.6. The number of rotatable bonds is 3. The van der Waals surface area contributed by atoms with E-state index in [9.17, 15) is 4.79 Å². The van der Waals surface area contributed by atoms with E-state index in [0.717, 1.165) is 61.5 Å². The van der Waals surface area contributed by atoms with E-state index >= 15 is 0 Å². The van der Waals surface area contributed by atoms with Crippen LogP contribution in [0.4, 0.5) is 22.2 Å². The molecule has 0 atom stereocenters. The number of hydrogen-bond acceptors (Lipinski definition) is 5. The van der Waals surface area contributed by atoms with Crippen molar-refractivity contribution in [3.05, 3.63) is 40.5 Å². The van der Waals surface area contributed by atoms with Crippen molar-refractivity contribution in [2.24, 2.45) is 5.92 Å². The van der Waals surface area contributed by atoms with E-state index in [1.54, 1.807) is 12.1 Å². The maximum absolute atomic E-state index is 13.0. The van der Waals surface area contributed by atoms with E-state index in [0.29, 0.717) is 23.8 Å². The second-order valence-electron chi connectivity index (χ2n) is 9.25. The van der Waals surface area contributed by atoms with Gasteiger partial charge in [-0.05, 0) is 49.8 Å². The Hall–Kier alpha value is -2.54. The highest BCUT2D eigenvalue weighted by molar-refractivity contribution is 6.30. The Bertz CT molecular complexity index is 984. The molecule has 170 valence electrons. The third kappa shape index (κ3) is 4.49. The number of hydrogen-bond donors (Lipinski definition) is 1. The summed E-state index contributed by atoms with van der Waals surface area (Å²) in [6.45, 7) is 7.59. The normalized spacial score (nSPS) is 19.2. The topological polar surface area (TPSA) is 64.6 Å². The minimum absolute atomic E-state index is 0.111. The quantitative estimate of drug-likeness (QED) is 0.736. The molecule has 0 radical (unpaired) electrons. The Morgan fingerprint density at radius 2 is 1.84 bits per heavy atom. The molecule has 5 rings (SSSR count). The molecular weight excluding hydrogens is 424 g/mol. The van der Waals surface area contributed by atoms with Crippen LogP contribution in [-0.4, -0.2) is 53.6 Å². The Balaban J connectivity index is 1.41. The highest BCUT2D eigenvalue weighted by Crippen LogP contribution is 2.32. The number of fused-ring (bicyclic) bond motifs is 1. The number of anilines is 3. The number of carbonyl (C=O) groups is 1. The maximum Gasteiger partial charge on any atom is 0.322 e. The minimum atomic E-state index is -0.111. The molecule has 0 spiro atoms. The van der Waals surface area contributed by atoms with Gasteiger partial charge in [0.15, 0.2) is 0 Å². The summed E-state index contributed by atoms with van der Waals surface area (Å²) in [6.07, 6.45) is 5.51. The highest BCUT2D eigenvalue weighted by atomic mass is 35.5. The molecule has 3 aliphatic rings. The molecule has 3 aliphatic heterocycles. The first-order valence-electron chi connectivity index (χ1n) is 11.8. The zero-order valence-corrected chi connectivity index (χ0v) is 19.4. The van der Waals surface area contributed by atoms with Crippen LogP contribution in [0.25, 0.3) is 0 Å². The molecular formula is C24H31ClN6O. The van der Waals surface area contributed by atoms with Crippen LogP contribution in [0.5, 0.6) is 0 Å². The number of nitrogens with zero attached hydrogens (tertiary/aromatic N) is 5. The van der Waals surface area contributed by atoms with Crippen LogP contribution >= 0.6 is 11.6 Å². The van der Waals surface area contributed by atoms with E-state index in [4.69, 9.17) is 21.6 Å². The summed E-state index contributed by atoms with van der Waals surface area (Å²) in [4.78, 5) is 29.6. The summed E-state index contributed by atoms with van der Waals surface area (Å²) in [5.74, 6) is 2.65. The van der Waals surface area contributed by atoms with Crippen LogP contribution in [0, 0.1) is 5.92 Å². The lowest BCUT2D eigenvalue weighted by molar-refractivity contribution is 0.206. The van der Waals surface area contributed by atoms with Gasteiger partial charge in [-0.25, -0.2) is 9.78 Å². The van der Waals surface area contributed by atoms with E-state index in [1.807, 2.05) is 17.0 Å². The van der Waals surface area contributed by atoms with Crippen molar-refractivity contribution in [3.8, 4) is 0 Å². The van der Waals surface area contributed by atoms with Gasteiger partial charge in [0.2, 0.25) is 5.95 Å². The number of nitrogens with one attached hydrogen (secondary N) is 1. The lowest BCUT2D eigenvalue weighted by atomic mass is 9.98. The molecule has 2 fully saturated rings. The molecule has 0 aliphatic carbocycles. The number of halogens is 1. The standard InChI is InChI=1S/C24H31ClN6O/c1-17-7-12-29(13-8-17)22-20-16-31(24(32)26-19-6-4-5-18(25)15-19)14-9-21(20)27-23(28-22)30-10-2-3-11-30/h4-6,15,17H,2-3,7-14,16H2,1H3,(H,26,32). The Labute approximate surface area is 194 Å². The average molecular weight is 455 g/mol. The molecule has 2 saturated heterocycles. The van der Waals surface area contributed by atoms with Crippen LogP contribution in [0.1, 0.15) is 43.9 Å². The third-order valence-electron chi connectivity index (χ3n) is 6.86. The first-order valence-corrected chi connectivity index (χ1v) is 12.2. The monoisotopic (exact) mass is 454 g/mol. The minimum Gasteiger partial charge on any atom is -0.356 e. The molecule has 0 unspecified atom stereocenters. The number of urea groups is 1. The van der Waals surface area contributed by atoms with Gasteiger partial charge >= 0.3 is 6.03 Å². The lowest BCUT2D eigenvalue weighted by Gasteiger charge is -2.36. The fraction of sp³-hybridized carbons (Fsp3) is 0.542. The van der Waals surface area contributed by atoms with Crippen molar-refractivity contribution in [1.82, 2.24) is 14.9 Å². The van der Waals surface area contributed by atoms with Crippen molar-refractivity contribution in [1.29, 1.82) is 0 Å². The molecule has 2 amide bonds. The summed E-state index contributed by atoms with van der Waals surface area (Å²) < 4.78 is 0. The fourth-order valence-electron chi connectivity index (χ4n) is 4.87. The molecule has 0 saturated carbocycles. The Morgan fingerprint density at radius 3 is 2.59 bits per heavy atom. The zero-order chi connectivity index (χ0) is 22.1. The van der Waals surface area contributed by atoms with Gasteiger partial charge in [0.25, 0.3) is 0 Å². The van der Waals surface area contributed by atoms with Gasteiger partial charge in [-0.2, -0.15) is 4.98 Å². The van der Waals surface area contributed by atoms with Crippen LogP contribution in [-0.2, 0) is 13.0 Å². The van der Waals surface area contributed by atoms with E-state index in [-0.39, 0.29) is 6.03 Å². The molecule has 1 N–H and O–H groups in total. The first kappa shape index (κ1) is 21.3. The summed E-state index contributed by atoms with van der Waals surface area (Å²) in [6, 6.07) is 7.15. The number of piperidine rings is 1. The summed E-state index contributed by atoms with van der Waals surface area (Å²) in [5, 5.41) is 3.59. The molecule has 8 heteroatoms. The van der Waals surface area contributed by atoms with Crippen molar-refractivity contribution < 1.29 is 4.79 Å². The van der Waals surface area contributed by atoms with Gasteiger partial charge in [-0.1, -0.05) is 24.6 Å². The molecule has 7 nitrogen and oxygen atoms in total. The zero-order valence-electron chi connectivity index (χ0n) is 18.7. The lowest BCUT2D eigenvalue weighted by Crippen LogP contribution is -2.42. The number of benzene rings is 1. The molecule has 4 heterocycles. The van der Waals surface area contributed by atoms with Gasteiger partial charge in [0.1, 0.15) is 5.82 Å². The largest absolute Gasteiger partial charge is 0.356 e. The second kappa shape index (κ2) is 9.14. The smallest absolute Gasteiger partial charge is 0.322 e. The van der Waals surface area contributed by atoms with Gasteiger partial charge < -0.3 is 20.0 Å². The molecule has 2 aromatic rings. The SMILES string of the molecule is CC1CCN(c2nc(N3CCCC3)nc3c2CN(C(=O)Nc2cccc(Cl)c2)CC3)CC1. The number of aromatic nitrogens is 2. The highest BCUT2D eigenvalue weighted by Gasteiger charge is 2.30. The van der Waals surface area contributed by atoms with Gasteiger partial charge in [-0.15, -0.1) is 0 Å². The van der Waals surface area contributed by atoms with Gasteiger partial charge in [0.05, 0.1) is 12.2 Å². The average Bonchev–Trinajstić information content (AvgIpc) is 3.34. The number of carbonyl (C=O) groups excluding carboxylic acids is 1. The Morgan fingerprint density at radius 1 is 1.06 bits per heavy atom. The van der Waals surface area contributed by atoms with Crippen molar-refractivity contribution in [3.63, 3.8) is 0 Å². The summed E-state index contributed by atoms with van der Waals surface area (Å²) in [7, 11) is 0. The van der Waals surface area contributed by atoms with Crippen molar-refractivity contribution in [2.75, 3.05) is 47.8 Å². The third-order valence-corrected chi connectivity index (χ3v) is 7.10. The predicted molar refractivity (Wildman–Crippen MR) is 129 cm³/mol. The van der Waals surface area contributed by atoms with Gasteiger partial charge in [-0.3, -0.25) is 0 Å². The van der Waals surface area contributed by atoms with Crippen LogP contribution in [0.2, 0.25) is 5.02 Å². The molecule has 1 aromatic heterocycles. The van der Waals surface area contributed by atoms with Gasteiger partial charge in [0, 0.05) is 55.4 Å². The molecule has 1 aromatic carbocycles. The van der Waals surface area contributed by atoms with E-state index < -0.39 is 0 Å². The van der Waals surface area contributed by atoms with E-state index in [1.165, 1.54) is 25.7 Å². The van der Waals surface area contributed by atoms with E-state index in [2.05, 4.69) is 22.0 Å². The van der Waals surface area contributed by atoms with Crippen molar-refractivity contribution in [2.45, 2.75) is 45.6 Å². The molecule has 32 heavy (non-hydrogen) atoms. The second-order valence-corrected chi connectivity index (χ2v) is 9.68. The predicted octanol–water partition coefficient (Wildman–Crippen LogP) is 4.56. The maximum atomic E-state index is 13.0. The van der Waals surface area contributed by atoms with Crippen molar-refractivity contribution >= 4 is 35.1 Å². The summed E-state index contributed by atoms with van der Waals surface area (Å²) >= 11 is 6.08. The summed E-state index contributed by atoms with van der Waals surface area (Å²) in [5.41, 5.74) is 2.91. The van der Waals surface area contributed by atoms with Crippen LogP contribution < -0.4 is 15.1 Å². The fourth-order valence-corrected chi connectivity index (χ4v) is 5.06. The molecule has 0 bridgehead atoms. The Kier molecular flexibility index (Phi) is 6.09. The number of amides is 2. The van der Waals surface area contributed by atoms with Crippen LogP contribution in [0.15, 0.2) is 24.3 Å². The van der Waals surface area contributed by atoms with Crippen LogP contribution in [0.3, 0.4) is 0 Å².